The third kappa shape index (κ3) is 5.78. The highest BCUT2D eigenvalue weighted by Gasteiger charge is 2.19. The number of rotatable bonds is 8. The number of carboxylic acid groups (broad SMARTS) is 1. The maximum atomic E-state index is 11.6. The first-order valence-electron chi connectivity index (χ1n) is 6.33. The highest BCUT2D eigenvalue weighted by atomic mass is 16.5. The zero-order valence-corrected chi connectivity index (χ0v) is 11.4. The molecule has 21 heavy (non-hydrogen) atoms. The fourth-order valence-electron chi connectivity index (χ4n) is 1.55. The van der Waals surface area contributed by atoms with Crippen LogP contribution in [0.2, 0.25) is 0 Å². The van der Waals surface area contributed by atoms with Gasteiger partial charge < -0.3 is 15.2 Å². The molecule has 0 spiro atoms. The molecule has 0 aliphatic heterocycles. The fraction of sp³-hybridized carbons (Fsp3) is 0.267. The Balaban J connectivity index is 2.46. The molecule has 0 fully saturated rings. The van der Waals surface area contributed by atoms with Crippen LogP contribution in [0, 0.1) is 11.3 Å². The summed E-state index contributed by atoms with van der Waals surface area (Å²) in [5.74, 6) is -1.18. The van der Waals surface area contributed by atoms with Crippen LogP contribution in [-0.2, 0) is 9.59 Å². The van der Waals surface area contributed by atoms with E-state index in [1.54, 1.807) is 30.3 Å². The van der Waals surface area contributed by atoms with Crippen LogP contribution in [-0.4, -0.2) is 29.6 Å². The fourth-order valence-corrected chi connectivity index (χ4v) is 1.55. The number of benzene rings is 1. The number of hydrogen-bond donors (Lipinski definition) is 2. The van der Waals surface area contributed by atoms with Gasteiger partial charge in [0.1, 0.15) is 11.8 Å². The maximum absolute atomic E-state index is 11.6. The van der Waals surface area contributed by atoms with E-state index in [-0.39, 0.29) is 13.0 Å². The molecule has 1 unspecified atom stereocenters. The first kappa shape index (κ1) is 16.2. The van der Waals surface area contributed by atoms with Crippen LogP contribution < -0.4 is 10.1 Å². The van der Waals surface area contributed by atoms with Crippen molar-refractivity contribution < 1.29 is 19.4 Å². The minimum atomic E-state index is -1.09. The molecular formula is C15H16N2O4. The van der Waals surface area contributed by atoms with Gasteiger partial charge in [0.25, 0.3) is 5.91 Å². The largest absolute Gasteiger partial charge is 0.484 e. The standard InChI is InChI=1S/C15H16N2O4/c1-2-3-4-13(15(19)20)17-14(18)10-21-12-7-5-11(9-16)6-8-12/h2,5-8,13H,1,3-4,10H2,(H,17,18)(H,19,20). The summed E-state index contributed by atoms with van der Waals surface area (Å²) in [5, 5.41) is 20.0. The van der Waals surface area contributed by atoms with E-state index in [2.05, 4.69) is 11.9 Å². The van der Waals surface area contributed by atoms with E-state index in [4.69, 9.17) is 15.1 Å². The van der Waals surface area contributed by atoms with Crippen LogP contribution in [0.15, 0.2) is 36.9 Å². The van der Waals surface area contributed by atoms with Crippen molar-refractivity contribution in [2.24, 2.45) is 0 Å². The molecule has 6 heteroatoms. The first-order chi connectivity index (χ1) is 10.1. The summed E-state index contributed by atoms with van der Waals surface area (Å²) in [5.41, 5.74) is 0.488. The smallest absolute Gasteiger partial charge is 0.326 e. The average Bonchev–Trinajstić information content (AvgIpc) is 2.49. The molecule has 0 aromatic heterocycles. The second-order valence-corrected chi connectivity index (χ2v) is 4.25. The number of nitrogens with zero attached hydrogens (tertiary/aromatic N) is 1. The summed E-state index contributed by atoms with van der Waals surface area (Å²) >= 11 is 0. The van der Waals surface area contributed by atoms with Crippen LogP contribution in [0.3, 0.4) is 0 Å². The molecular weight excluding hydrogens is 272 g/mol. The van der Waals surface area contributed by atoms with Gasteiger partial charge in [-0.25, -0.2) is 4.79 Å². The lowest BCUT2D eigenvalue weighted by atomic mass is 10.1. The van der Waals surface area contributed by atoms with Crippen LogP contribution in [0.4, 0.5) is 0 Å². The number of nitriles is 1. The van der Waals surface area contributed by atoms with Crippen LogP contribution in [0.25, 0.3) is 0 Å². The molecule has 2 N–H and O–H groups in total. The molecule has 0 bridgehead atoms. The lowest BCUT2D eigenvalue weighted by Crippen LogP contribution is -2.42. The summed E-state index contributed by atoms with van der Waals surface area (Å²) in [6, 6.07) is 7.28. The molecule has 0 aliphatic rings. The van der Waals surface area contributed by atoms with E-state index in [1.165, 1.54) is 0 Å². The number of amides is 1. The van der Waals surface area contributed by atoms with Crippen molar-refractivity contribution in [2.75, 3.05) is 6.61 Å². The Morgan fingerprint density at radius 3 is 2.62 bits per heavy atom. The molecule has 1 aromatic rings. The predicted molar refractivity (Wildman–Crippen MR) is 75.6 cm³/mol. The van der Waals surface area contributed by atoms with Crippen LogP contribution in [0.5, 0.6) is 5.75 Å². The molecule has 1 aromatic carbocycles. The number of carboxylic acids is 1. The van der Waals surface area contributed by atoms with Crippen LogP contribution >= 0.6 is 0 Å². The third-order valence-corrected chi connectivity index (χ3v) is 2.65. The van der Waals surface area contributed by atoms with Gasteiger partial charge in [0, 0.05) is 0 Å². The molecule has 0 saturated heterocycles. The van der Waals surface area contributed by atoms with E-state index >= 15 is 0 Å². The van der Waals surface area contributed by atoms with E-state index in [9.17, 15) is 9.59 Å². The summed E-state index contributed by atoms with van der Waals surface area (Å²) in [7, 11) is 0. The average molecular weight is 288 g/mol. The molecule has 1 rings (SSSR count). The number of carbonyl (C=O) groups excluding carboxylic acids is 1. The van der Waals surface area contributed by atoms with Crippen molar-refractivity contribution in [3.05, 3.63) is 42.5 Å². The van der Waals surface area contributed by atoms with Gasteiger partial charge >= 0.3 is 5.97 Å². The Bertz CT molecular complexity index is 546. The molecule has 1 amide bonds. The van der Waals surface area contributed by atoms with E-state index in [1.807, 2.05) is 6.07 Å². The maximum Gasteiger partial charge on any atom is 0.326 e. The second-order valence-electron chi connectivity index (χ2n) is 4.25. The first-order valence-corrected chi connectivity index (χ1v) is 6.33. The van der Waals surface area contributed by atoms with Crippen LogP contribution in [0.1, 0.15) is 18.4 Å². The molecule has 0 saturated carbocycles. The van der Waals surface area contributed by atoms with Gasteiger partial charge in [0.05, 0.1) is 11.6 Å². The van der Waals surface area contributed by atoms with Gasteiger partial charge in [-0.15, -0.1) is 6.58 Å². The Morgan fingerprint density at radius 1 is 1.43 bits per heavy atom. The minimum absolute atomic E-state index is 0.279. The number of hydrogen-bond acceptors (Lipinski definition) is 4. The lowest BCUT2D eigenvalue weighted by Gasteiger charge is -2.14. The number of nitrogens with one attached hydrogen (secondary N) is 1. The Morgan fingerprint density at radius 2 is 2.10 bits per heavy atom. The topological polar surface area (TPSA) is 99.4 Å². The molecule has 0 aliphatic carbocycles. The number of allylic oxidation sites excluding steroid dienone is 1. The van der Waals surface area contributed by atoms with Gasteiger partial charge in [-0.3, -0.25) is 4.79 Å². The summed E-state index contributed by atoms with van der Waals surface area (Å²) in [6.45, 7) is 3.22. The van der Waals surface area contributed by atoms with Crippen molar-refractivity contribution in [1.82, 2.24) is 5.32 Å². The van der Waals surface area contributed by atoms with Crippen molar-refractivity contribution in [3.8, 4) is 11.8 Å². The summed E-state index contributed by atoms with van der Waals surface area (Å²) < 4.78 is 5.22. The zero-order chi connectivity index (χ0) is 15.7. The van der Waals surface area contributed by atoms with Gasteiger partial charge in [-0.1, -0.05) is 6.08 Å². The van der Waals surface area contributed by atoms with E-state index in [0.29, 0.717) is 17.7 Å². The van der Waals surface area contributed by atoms with Crippen molar-refractivity contribution in [1.29, 1.82) is 5.26 Å². The second kappa shape index (κ2) is 8.38. The number of aliphatic carboxylic acids is 1. The van der Waals surface area contributed by atoms with Crippen molar-refractivity contribution >= 4 is 11.9 Å². The number of ether oxygens (including phenoxy) is 1. The molecule has 0 heterocycles. The Hall–Kier alpha value is -2.81. The summed E-state index contributed by atoms with van der Waals surface area (Å²) in [4.78, 5) is 22.6. The van der Waals surface area contributed by atoms with E-state index < -0.39 is 17.9 Å². The molecule has 0 radical (unpaired) electrons. The number of carbonyl (C=O) groups is 2. The minimum Gasteiger partial charge on any atom is -0.484 e. The Labute approximate surface area is 122 Å². The summed E-state index contributed by atoms with van der Waals surface area (Å²) in [6.07, 6.45) is 2.37. The SMILES string of the molecule is C=CCCC(NC(=O)COc1ccc(C#N)cc1)C(=O)O. The van der Waals surface area contributed by atoms with Gasteiger partial charge in [0.15, 0.2) is 6.61 Å². The predicted octanol–water partition coefficient (Wildman–Crippen LogP) is 1.47. The lowest BCUT2D eigenvalue weighted by molar-refractivity contribution is -0.142. The van der Waals surface area contributed by atoms with Crippen molar-refractivity contribution in [2.45, 2.75) is 18.9 Å². The van der Waals surface area contributed by atoms with Gasteiger partial charge in [-0.05, 0) is 37.1 Å². The normalized spacial score (nSPS) is 11.0. The Kier molecular flexibility index (Phi) is 6.48. The highest BCUT2D eigenvalue weighted by Crippen LogP contribution is 2.11. The monoisotopic (exact) mass is 288 g/mol. The van der Waals surface area contributed by atoms with E-state index in [0.717, 1.165) is 0 Å². The zero-order valence-electron chi connectivity index (χ0n) is 11.4. The quantitative estimate of drug-likeness (QED) is 0.706. The molecule has 6 nitrogen and oxygen atoms in total. The molecule has 1 atom stereocenters. The van der Waals surface area contributed by atoms with Crippen molar-refractivity contribution in [3.63, 3.8) is 0 Å². The third-order valence-electron chi connectivity index (χ3n) is 2.65. The highest BCUT2D eigenvalue weighted by molar-refractivity contribution is 5.84. The van der Waals surface area contributed by atoms with Gasteiger partial charge in [0.2, 0.25) is 0 Å². The molecule has 110 valence electrons. The van der Waals surface area contributed by atoms with Gasteiger partial charge in [-0.2, -0.15) is 5.26 Å².